The Morgan fingerprint density at radius 3 is 2.67 bits per heavy atom. The number of piperidine rings is 1. The summed E-state index contributed by atoms with van der Waals surface area (Å²) in [7, 11) is -3.26. The number of nitrogens with one attached hydrogen (secondary N) is 1. The number of nitrogens with zero attached hydrogens (tertiary/aromatic N) is 1. The lowest BCUT2D eigenvalue weighted by Crippen LogP contribution is -2.56. The number of halogens is 1. The molecule has 0 aromatic heterocycles. The number of amides is 1. The van der Waals surface area contributed by atoms with Crippen molar-refractivity contribution < 1.29 is 13.2 Å². The first-order valence-corrected chi connectivity index (χ1v) is 10.6. The Morgan fingerprint density at radius 1 is 1.33 bits per heavy atom. The molecule has 1 aliphatic heterocycles. The lowest BCUT2D eigenvalue weighted by molar-refractivity contribution is -0.142. The summed E-state index contributed by atoms with van der Waals surface area (Å²) in [4.78, 5) is 15.1. The van der Waals surface area contributed by atoms with Crippen molar-refractivity contribution in [1.82, 2.24) is 9.62 Å². The van der Waals surface area contributed by atoms with Gasteiger partial charge in [0.05, 0.1) is 11.7 Å². The molecule has 24 heavy (non-hydrogen) atoms. The number of sulfonamides is 1. The maximum atomic E-state index is 13.2. The monoisotopic (exact) mass is 370 g/mol. The van der Waals surface area contributed by atoms with Crippen LogP contribution >= 0.6 is 11.6 Å². The third kappa shape index (κ3) is 3.60. The van der Waals surface area contributed by atoms with E-state index < -0.39 is 15.4 Å². The minimum absolute atomic E-state index is 0.107. The smallest absolute Gasteiger partial charge is 0.233 e. The Balaban J connectivity index is 1.79. The molecule has 3 rings (SSSR count). The van der Waals surface area contributed by atoms with Gasteiger partial charge in [0, 0.05) is 24.2 Å². The summed E-state index contributed by atoms with van der Waals surface area (Å²) < 4.78 is 25.6. The average molecular weight is 371 g/mol. The molecular weight excluding hydrogens is 348 g/mol. The first-order chi connectivity index (χ1) is 11.3. The largest absolute Gasteiger partial charge is 0.340 e. The molecule has 1 N–H and O–H groups in total. The highest BCUT2D eigenvalue weighted by molar-refractivity contribution is 7.88. The predicted octanol–water partition coefficient (Wildman–Crippen LogP) is 2.30. The molecule has 2 aliphatic rings. The summed E-state index contributed by atoms with van der Waals surface area (Å²) >= 11 is 6.12. The van der Waals surface area contributed by atoms with Gasteiger partial charge in [0.15, 0.2) is 0 Å². The fourth-order valence-corrected chi connectivity index (χ4v) is 4.79. The van der Waals surface area contributed by atoms with E-state index in [2.05, 4.69) is 4.72 Å². The van der Waals surface area contributed by atoms with E-state index in [9.17, 15) is 13.2 Å². The molecule has 1 unspecified atom stereocenters. The average Bonchev–Trinajstić information content (AvgIpc) is 2.44. The second kappa shape index (κ2) is 6.65. The van der Waals surface area contributed by atoms with Crippen molar-refractivity contribution in [3.63, 3.8) is 0 Å². The molecule has 5 nitrogen and oxygen atoms in total. The third-order valence-corrected chi connectivity index (χ3v) is 6.08. The molecule has 1 aromatic carbocycles. The molecule has 1 atom stereocenters. The van der Waals surface area contributed by atoms with Crippen LogP contribution in [0.4, 0.5) is 0 Å². The van der Waals surface area contributed by atoms with Crippen molar-refractivity contribution in [3.8, 4) is 0 Å². The van der Waals surface area contributed by atoms with Gasteiger partial charge in [-0.1, -0.05) is 30.2 Å². The van der Waals surface area contributed by atoms with E-state index >= 15 is 0 Å². The quantitative estimate of drug-likeness (QED) is 0.884. The number of likely N-dealkylation sites (tertiary alicyclic amines) is 1. The predicted molar refractivity (Wildman–Crippen MR) is 94.6 cm³/mol. The van der Waals surface area contributed by atoms with Crippen molar-refractivity contribution in [2.24, 2.45) is 0 Å². The van der Waals surface area contributed by atoms with Crippen LogP contribution in [0, 0.1) is 0 Å². The van der Waals surface area contributed by atoms with Gasteiger partial charge in [-0.15, -0.1) is 0 Å². The van der Waals surface area contributed by atoms with Crippen LogP contribution in [0.1, 0.15) is 37.7 Å². The highest BCUT2D eigenvalue weighted by Crippen LogP contribution is 2.46. The molecule has 7 heteroatoms. The SMILES string of the molecule is CS(=O)(=O)NC1CCCN(C(=O)C2(c3cccc(Cl)c3)CCC2)C1. The normalized spacial score (nSPS) is 23.6. The molecule has 1 aliphatic carbocycles. The molecule has 0 radical (unpaired) electrons. The second-order valence-corrected chi connectivity index (χ2v) is 9.14. The van der Waals surface area contributed by atoms with Gasteiger partial charge in [0.25, 0.3) is 0 Å². The van der Waals surface area contributed by atoms with Gasteiger partial charge in [-0.05, 0) is 43.4 Å². The number of hydrogen-bond donors (Lipinski definition) is 1. The summed E-state index contributed by atoms with van der Waals surface area (Å²) in [5.74, 6) is 0.107. The zero-order valence-electron chi connectivity index (χ0n) is 13.8. The highest BCUT2D eigenvalue weighted by Gasteiger charge is 2.48. The Labute approximate surface area is 148 Å². The van der Waals surface area contributed by atoms with Gasteiger partial charge in [-0.2, -0.15) is 0 Å². The van der Waals surface area contributed by atoms with Crippen molar-refractivity contribution in [2.45, 2.75) is 43.6 Å². The van der Waals surface area contributed by atoms with Gasteiger partial charge < -0.3 is 4.90 Å². The van der Waals surface area contributed by atoms with E-state index in [1.807, 2.05) is 29.2 Å². The molecule has 1 heterocycles. The molecule has 0 bridgehead atoms. The summed E-state index contributed by atoms with van der Waals surface area (Å²) in [6.07, 6.45) is 5.41. The van der Waals surface area contributed by atoms with Gasteiger partial charge in [0.2, 0.25) is 15.9 Å². The Kier molecular flexibility index (Phi) is 4.91. The summed E-state index contributed by atoms with van der Waals surface area (Å²) in [6, 6.07) is 7.35. The fraction of sp³-hybridized carbons (Fsp3) is 0.588. The van der Waals surface area contributed by atoms with Crippen molar-refractivity contribution in [2.75, 3.05) is 19.3 Å². The molecule has 1 saturated heterocycles. The molecule has 1 saturated carbocycles. The molecule has 1 aromatic rings. The van der Waals surface area contributed by atoms with Gasteiger partial charge in [-0.25, -0.2) is 13.1 Å². The van der Waals surface area contributed by atoms with Crippen LogP contribution in [0.2, 0.25) is 5.02 Å². The van der Waals surface area contributed by atoms with Gasteiger partial charge in [-0.3, -0.25) is 4.79 Å². The van der Waals surface area contributed by atoms with Crippen LogP contribution in [0.5, 0.6) is 0 Å². The van der Waals surface area contributed by atoms with Crippen LogP contribution in [-0.2, 0) is 20.2 Å². The summed E-state index contributed by atoms with van der Waals surface area (Å²) in [5.41, 5.74) is 0.488. The first kappa shape index (κ1) is 17.7. The lowest BCUT2D eigenvalue weighted by Gasteiger charge is -2.46. The number of carbonyl (C=O) groups excluding carboxylic acids is 1. The fourth-order valence-electron chi connectivity index (χ4n) is 3.81. The van der Waals surface area contributed by atoms with E-state index in [0.29, 0.717) is 18.1 Å². The minimum Gasteiger partial charge on any atom is -0.340 e. The maximum Gasteiger partial charge on any atom is 0.233 e. The highest BCUT2D eigenvalue weighted by atomic mass is 35.5. The number of carbonyl (C=O) groups is 1. The van der Waals surface area contributed by atoms with Crippen LogP contribution in [-0.4, -0.2) is 44.6 Å². The molecular formula is C17H23ClN2O3S. The Hall–Kier alpha value is -1.11. The number of hydrogen-bond acceptors (Lipinski definition) is 3. The van der Waals surface area contributed by atoms with Crippen molar-refractivity contribution >= 4 is 27.5 Å². The third-order valence-electron chi connectivity index (χ3n) is 5.08. The zero-order valence-corrected chi connectivity index (χ0v) is 15.4. The molecule has 0 spiro atoms. The van der Waals surface area contributed by atoms with Gasteiger partial charge >= 0.3 is 0 Å². The molecule has 132 valence electrons. The lowest BCUT2D eigenvalue weighted by atomic mass is 9.63. The van der Waals surface area contributed by atoms with Crippen molar-refractivity contribution in [3.05, 3.63) is 34.9 Å². The van der Waals surface area contributed by atoms with Crippen LogP contribution in [0.25, 0.3) is 0 Å². The van der Waals surface area contributed by atoms with E-state index in [1.54, 1.807) is 0 Å². The topological polar surface area (TPSA) is 66.5 Å². The van der Waals surface area contributed by atoms with Crippen molar-refractivity contribution in [1.29, 1.82) is 0 Å². The minimum atomic E-state index is -3.26. The van der Waals surface area contributed by atoms with Crippen LogP contribution in [0.15, 0.2) is 24.3 Å². The van der Waals surface area contributed by atoms with Crippen LogP contribution in [0.3, 0.4) is 0 Å². The van der Waals surface area contributed by atoms with E-state index in [4.69, 9.17) is 11.6 Å². The van der Waals surface area contributed by atoms with Gasteiger partial charge in [0.1, 0.15) is 0 Å². The summed E-state index contributed by atoms with van der Waals surface area (Å²) in [6.45, 7) is 1.12. The molecule has 1 amide bonds. The van der Waals surface area contributed by atoms with E-state index in [-0.39, 0.29) is 11.9 Å². The second-order valence-electron chi connectivity index (χ2n) is 6.93. The molecule has 2 fully saturated rings. The first-order valence-electron chi connectivity index (χ1n) is 8.33. The summed E-state index contributed by atoms with van der Waals surface area (Å²) in [5, 5.41) is 0.641. The number of rotatable bonds is 4. The number of benzene rings is 1. The van der Waals surface area contributed by atoms with E-state index in [0.717, 1.165) is 43.9 Å². The maximum absolute atomic E-state index is 13.2. The Bertz CT molecular complexity index is 731. The van der Waals surface area contributed by atoms with Crippen LogP contribution < -0.4 is 4.72 Å². The zero-order chi connectivity index (χ0) is 17.4. The van der Waals surface area contributed by atoms with E-state index in [1.165, 1.54) is 0 Å². The standard InChI is InChI=1S/C17H23ClN2O3S/c1-24(22,23)19-15-7-3-10-20(12-15)16(21)17(8-4-9-17)13-5-2-6-14(18)11-13/h2,5-6,11,15,19H,3-4,7-10,12H2,1H3. The Morgan fingerprint density at radius 2 is 2.08 bits per heavy atom.